The summed E-state index contributed by atoms with van der Waals surface area (Å²) in [6, 6.07) is 12.0. The molecule has 0 aliphatic heterocycles. The Hall–Kier alpha value is -3.16. The molecule has 6 nitrogen and oxygen atoms in total. The van der Waals surface area contributed by atoms with Gasteiger partial charge in [0, 0.05) is 11.7 Å². The molecule has 1 saturated carbocycles. The molecular formula is C25H29F2N3O3. The van der Waals surface area contributed by atoms with Crippen LogP contribution in [-0.4, -0.2) is 29.2 Å². The lowest BCUT2D eigenvalue weighted by atomic mass is 9.70. The molecule has 3 aromatic rings. The molecule has 2 aromatic carbocycles. The number of nitrogens with one attached hydrogen (secondary N) is 1. The van der Waals surface area contributed by atoms with E-state index in [-0.39, 0.29) is 17.2 Å². The molecular weight excluding hydrogens is 428 g/mol. The van der Waals surface area contributed by atoms with Crippen LogP contribution in [0.3, 0.4) is 0 Å². The van der Waals surface area contributed by atoms with Crippen molar-refractivity contribution in [3.63, 3.8) is 0 Å². The number of methoxy groups -OCH3 is 1. The number of carbonyl (C=O) groups excluding carboxylic acids is 1. The molecule has 176 valence electrons. The van der Waals surface area contributed by atoms with E-state index in [1.165, 1.54) is 19.2 Å². The number of alkyl halides is 2. The third-order valence-electron chi connectivity index (χ3n) is 6.18. The Morgan fingerprint density at radius 2 is 1.91 bits per heavy atom. The van der Waals surface area contributed by atoms with Gasteiger partial charge >= 0.3 is 12.6 Å². The molecule has 0 spiro atoms. The molecule has 0 bridgehead atoms. The van der Waals surface area contributed by atoms with E-state index in [0.717, 1.165) is 24.8 Å². The van der Waals surface area contributed by atoms with Gasteiger partial charge in [-0.15, -0.1) is 0 Å². The molecule has 1 aliphatic carbocycles. The van der Waals surface area contributed by atoms with Crippen molar-refractivity contribution in [3.8, 4) is 5.75 Å². The average Bonchev–Trinajstić information content (AvgIpc) is 3.09. The minimum atomic E-state index is -2.87. The number of rotatable bonds is 6. The Bertz CT molecular complexity index is 1140. The highest BCUT2D eigenvalue weighted by molar-refractivity contribution is 5.94. The zero-order valence-electron chi connectivity index (χ0n) is 19.3. The van der Waals surface area contributed by atoms with Crippen molar-refractivity contribution in [2.24, 2.45) is 11.3 Å². The van der Waals surface area contributed by atoms with Crippen LogP contribution in [0.2, 0.25) is 0 Å². The molecule has 0 unspecified atom stereocenters. The van der Waals surface area contributed by atoms with Crippen molar-refractivity contribution in [2.45, 2.75) is 52.7 Å². The predicted molar refractivity (Wildman–Crippen MR) is 123 cm³/mol. The number of fused-ring (bicyclic) bond motifs is 1. The minimum absolute atomic E-state index is 0.0922. The van der Waals surface area contributed by atoms with Gasteiger partial charge in [0.15, 0.2) is 0 Å². The third-order valence-corrected chi connectivity index (χ3v) is 6.18. The second-order valence-electron chi connectivity index (χ2n) is 9.60. The topological polar surface area (TPSA) is 65.4 Å². The maximum atomic E-state index is 12.5. The maximum absolute atomic E-state index is 12.5. The van der Waals surface area contributed by atoms with Crippen LogP contribution in [0, 0.1) is 11.3 Å². The second-order valence-corrected chi connectivity index (χ2v) is 9.60. The second kappa shape index (κ2) is 9.00. The van der Waals surface area contributed by atoms with Gasteiger partial charge in [-0.25, -0.2) is 9.78 Å². The summed E-state index contributed by atoms with van der Waals surface area (Å²) in [4.78, 5) is 16.8. The van der Waals surface area contributed by atoms with Gasteiger partial charge in [-0.2, -0.15) is 8.78 Å². The summed E-state index contributed by atoms with van der Waals surface area (Å²) < 4.78 is 36.4. The molecule has 1 aromatic heterocycles. The fraction of sp³-hybridized carbons (Fsp3) is 0.440. The average molecular weight is 458 g/mol. The van der Waals surface area contributed by atoms with E-state index in [0.29, 0.717) is 28.6 Å². The standard InChI is InChI=1S/C25H29F2N3O3/c1-15-11-18(14-25(2,3)13-15)30-21-10-5-16(22(31)32-4)12-20(21)29-24(30)28-17-6-8-19(9-7-17)33-23(26)27/h5-10,12,15,18,23H,11,13-14H2,1-4H3,(H,28,29)/t15-,18+/m1/s1. The fourth-order valence-corrected chi connectivity index (χ4v) is 5.14. The zero-order chi connectivity index (χ0) is 23.8. The number of halogens is 2. The van der Waals surface area contributed by atoms with Crippen molar-refractivity contribution < 1.29 is 23.0 Å². The highest BCUT2D eigenvalue weighted by Gasteiger charge is 2.34. The Balaban J connectivity index is 1.75. The largest absolute Gasteiger partial charge is 0.465 e. The molecule has 33 heavy (non-hydrogen) atoms. The Kier molecular flexibility index (Phi) is 6.28. The fourth-order valence-electron chi connectivity index (χ4n) is 5.14. The van der Waals surface area contributed by atoms with Gasteiger partial charge in [0.05, 0.1) is 23.7 Å². The molecule has 1 N–H and O–H groups in total. The molecule has 2 atom stereocenters. The molecule has 8 heteroatoms. The lowest BCUT2D eigenvalue weighted by molar-refractivity contribution is -0.0498. The smallest absolute Gasteiger partial charge is 0.387 e. The lowest BCUT2D eigenvalue weighted by Gasteiger charge is -2.40. The van der Waals surface area contributed by atoms with E-state index in [1.54, 1.807) is 24.3 Å². The quantitative estimate of drug-likeness (QED) is 0.425. The summed E-state index contributed by atoms with van der Waals surface area (Å²) in [7, 11) is 1.35. The number of hydrogen-bond donors (Lipinski definition) is 1. The maximum Gasteiger partial charge on any atom is 0.387 e. The molecule has 1 aliphatic rings. The monoisotopic (exact) mass is 457 g/mol. The van der Waals surface area contributed by atoms with Gasteiger partial charge in [0.2, 0.25) is 5.95 Å². The highest BCUT2D eigenvalue weighted by atomic mass is 19.3. The van der Waals surface area contributed by atoms with Crippen molar-refractivity contribution in [1.29, 1.82) is 0 Å². The van der Waals surface area contributed by atoms with Crippen molar-refractivity contribution in [3.05, 3.63) is 48.0 Å². The first-order chi connectivity index (χ1) is 15.6. The lowest BCUT2D eigenvalue weighted by Crippen LogP contribution is -2.29. The molecule has 4 rings (SSSR count). The Morgan fingerprint density at radius 3 is 2.55 bits per heavy atom. The van der Waals surface area contributed by atoms with E-state index in [2.05, 4.69) is 35.4 Å². The summed E-state index contributed by atoms with van der Waals surface area (Å²) in [6.07, 6.45) is 3.18. The molecule has 0 amide bonds. The van der Waals surface area contributed by atoms with E-state index >= 15 is 0 Å². The van der Waals surface area contributed by atoms with Gasteiger partial charge in [0.1, 0.15) is 5.75 Å². The number of nitrogens with zero attached hydrogens (tertiary/aromatic N) is 2. The Labute approximate surface area is 191 Å². The molecule has 0 radical (unpaired) electrons. The third kappa shape index (κ3) is 5.10. The highest BCUT2D eigenvalue weighted by Crippen LogP contribution is 2.46. The van der Waals surface area contributed by atoms with E-state index in [4.69, 9.17) is 9.72 Å². The predicted octanol–water partition coefficient (Wildman–Crippen LogP) is 6.56. The van der Waals surface area contributed by atoms with Crippen LogP contribution in [0.4, 0.5) is 20.4 Å². The number of anilines is 2. The van der Waals surface area contributed by atoms with Gasteiger partial charge < -0.3 is 19.4 Å². The summed E-state index contributed by atoms with van der Waals surface area (Å²) in [6.45, 7) is 3.99. The number of aromatic nitrogens is 2. The number of benzene rings is 2. The van der Waals surface area contributed by atoms with Crippen molar-refractivity contribution in [1.82, 2.24) is 9.55 Å². The first kappa shape index (κ1) is 23.0. The van der Waals surface area contributed by atoms with Crippen LogP contribution in [0.15, 0.2) is 42.5 Å². The van der Waals surface area contributed by atoms with E-state index < -0.39 is 12.6 Å². The van der Waals surface area contributed by atoms with Crippen LogP contribution in [-0.2, 0) is 4.74 Å². The molecule has 0 saturated heterocycles. The van der Waals surface area contributed by atoms with Crippen molar-refractivity contribution >= 4 is 28.6 Å². The van der Waals surface area contributed by atoms with Crippen LogP contribution < -0.4 is 10.1 Å². The van der Waals surface area contributed by atoms with E-state index in [9.17, 15) is 13.6 Å². The summed E-state index contributed by atoms with van der Waals surface area (Å²) >= 11 is 0. The molecule has 1 heterocycles. The van der Waals surface area contributed by atoms with Crippen LogP contribution >= 0.6 is 0 Å². The first-order valence-electron chi connectivity index (χ1n) is 11.1. The number of esters is 1. The SMILES string of the molecule is COC(=O)c1ccc2c(c1)nc(Nc1ccc(OC(F)F)cc1)n2[C@H]1C[C@@H](C)CC(C)(C)C1. The summed E-state index contributed by atoms with van der Waals surface area (Å²) in [5.41, 5.74) is 2.94. The van der Waals surface area contributed by atoms with Crippen LogP contribution in [0.1, 0.15) is 56.4 Å². The van der Waals surface area contributed by atoms with Gasteiger partial charge in [-0.3, -0.25) is 0 Å². The van der Waals surface area contributed by atoms with Crippen LogP contribution in [0.25, 0.3) is 11.0 Å². The summed E-state index contributed by atoms with van der Waals surface area (Å²) in [5, 5.41) is 3.34. The summed E-state index contributed by atoms with van der Waals surface area (Å²) in [5.74, 6) is 0.881. The Morgan fingerprint density at radius 1 is 1.18 bits per heavy atom. The van der Waals surface area contributed by atoms with Gasteiger partial charge in [-0.05, 0) is 73.1 Å². The zero-order valence-corrected chi connectivity index (χ0v) is 19.3. The molecule has 1 fully saturated rings. The minimum Gasteiger partial charge on any atom is -0.465 e. The van der Waals surface area contributed by atoms with Crippen molar-refractivity contribution in [2.75, 3.05) is 12.4 Å². The number of carbonyl (C=O) groups is 1. The van der Waals surface area contributed by atoms with Crippen LogP contribution in [0.5, 0.6) is 5.75 Å². The first-order valence-corrected chi connectivity index (χ1v) is 11.1. The normalized spacial score (nSPS) is 20.1. The van der Waals surface area contributed by atoms with Gasteiger partial charge in [-0.1, -0.05) is 20.8 Å². The number of hydrogen-bond acceptors (Lipinski definition) is 5. The number of imidazole rings is 1. The van der Waals surface area contributed by atoms with Gasteiger partial charge in [0.25, 0.3) is 0 Å². The van der Waals surface area contributed by atoms with E-state index in [1.807, 2.05) is 6.07 Å². The number of ether oxygens (including phenoxy) is 2.